The molecule has 3 heterocycles. The molecule has 3 aromatic rings. The van der Waals surface area contributed by atoms with E-state index in [1.165, 1.54) is 5.56 Å². The van der Waals surface area contributed by atoms with Gasteiger partial charge in [0.1, 0.15) is 5.58 Å². The van der Waals surface area contributed by atoms with Gasteiger partial charge < -0.3 is 9.32 Å². The first-order chi connectivity index (χ1) is 11.6. The molecule has 1 unspecified atom stereocenters. The van der Waals surface area contributed by atoms with E-state index in [0.717, 1.165) is 41.7 Å². The Balaban J connectivity index is 1.70. The van der Waals surface area contributed by atoms with Crippen LogP contribution in [0.2, 0.25) is 0 Å². The van der Waals surface area contributed by atoms with Gasteiger partial charge in [0.05, 0.1) is 11.7 Å². The fraction of sp³-hybridized carbons (Fsp3) is 0.368. The molecular formula is C19H21N3O2. The second kappa shape index (κ2) is 5.51. The van der Waals surface area contributed by atoms with Crippen molar-refractivity contribution in [3.63, 3.8) is 0 Å². The molecule has 1 amide bonds. The number of nitrogens with zero attached hydrogens (tertiary/aromatic N) is 3. The molecule has 2 aromatic heterocycles. The Labute approximate surface area is 140 Å². The Hall–Kier alpha value is -2.56. The van der Waals surface area contributed by atoms with Crippen molar-refractivity contribution in [1.29, 1.82) is 0 Å². The molecule has 1 aliphatic rings. The lowest BCUT2D eigenvalue weighted by atomic mass is 10.0. The van der Waals surface area contributed by atoms with Crippen LogP contribution in [0.1, 0.15) is 46.4 Å². The van der Waals surface area contributed by atoms with E-state index in [1.54, 1.807) is 0 Å². The first kappa shape index (κ1) is 15.0. The molecule has 0 bridgehead atoms. The number of carbonyl (C=O) groups is 1. The molecule has 1 fully saturated rings. The summed E-state index contributed by atoms with van der Waals surface area (Å²) < 4.78 is 7.68. The minimum Gasteiger partial charge on any atom is -0.451 e. The quantitative estimate of drug-likeness (QED) is 0.721. The van der Waals surface area contributed by atoms with E-state index in [4.69, 9.17) is 4.42 Å². The first-order valence-corrected chi connectivity index (χ1v) is 8.36. The van der Waals surface area contributed by atoms with Gasteiger partial charge in [-0.1, -0.05) is 18.2 Å². The number of benzene rings is 1. The van der Waals surface area contributed by atoms with E-state index in [2.05, 4.69) is 12.0 Å². The van der Waals surface area contributed by atoms with E-state index in [1.807, 2.05) is 53.9 Å². The van der Waals surface area contributed by atoms with Crippen molar-refractivity contribution in [2.24, 2.45) is 7.05 Å². The van der Waals surface area contributed by atoms with Gasteiger partial charge in [-0.3, -0.25) is 9.48 Å². The van der Waals surface area contributed by atoms with Gasteiger partial charge in [0.2, 0.25) is 0 Å². The number of hydrogen-bond acceptors (Lipinski definition) is 3. The monoisotopic (exact) mass is 323 g/mol. The Morgan fingerprint density at radius 3 is 2.79 bits per heavy atom. The number of hydrogen-bond donors (Lipinski definition) is 0. The van der Waals surface area contributed by atoms with Crippen molar-refractivity contribution in [3.8, 4) is 0 Å². The van der Waals surface area contributed by atoms with E-state index in [-0.39, 0.29) is 11.9 Å². The molecule has 1 saturated heterocycles. The summed E-state index contributed by atoms with van der Waals surface area (Å²) in [6, 6.07) is 9.65. The van der Waals surface area contributed by atoms with Gasteiger partial charge >= 0.3 is 0 Å². The van der Waals surface area contributed by atoms with Crippen LogP contribution in [0.25, 0.3) is 11.0 Å². The second-order valence-corrected chi connectivity index (χ2v) is 6.51. The molecule has 0 spiro atoms. The van der Waals surface area contributed by atoms with Crippen LogP contribution in [-0.4, -0.2) is 27.1 Å². The van der Waals surface area contributed by atoms with Crippen LogP contribution in [0.4, 0.5) is 0 Å². The maximum atomic E-state index is 13.0. The van der Waals surface area contributed by atoms with Crippen molar-refractivity contribution in [1.82, 2.24) is 14.7 Å². The molecular weight excluding hydrogens is 302 g/mol. The molecule has 0 aliphatic carbocycles. The highest BCUT2D eigenvalue weighted by Gasteiger charge is 2.35. The van der Waals surface area contributed by atoms with Crippen molar-refractivity contribution < 1.29 is 9.21 Å². The summed E-state index contributed by atoms with van der Waals surface area (Å²) in [5.74, 6) is 0.388. The number of para-hydroxylation sites is 1. The summed E-state index contributed by atoms with van der Waals surface area (Å²) in [5.41, 5.74) is 4.07. The standard InChI is InChI=1S/C19H21N3O2/c1-12-18(13(2)21(3)20-12)15-8-6-10-22(15)19(23)17-11-14-7-4-5-9-16(14)24-17/h4-5,7,9,11,15H,6,8,10H2,1-3H3. The third-order valence-corrected chi connectivity index (χ3v) is 5.05. The lowest BCUT2D eigenvalue weighted by Crippen LogP contribution is -2.30. The number of amides is 1. The number of rotatable bonds is 2. The Kier molecular flexibility index (Phi) is 3.44. The molecule has 1 aromatic carbocycles. The summed E-state index contributed by atoms with van der Waals surface area (Å²) in [5, 5.41) is 5.48. The van der Waals surface area contributed by atoms with Gasteiger partial charge in [0.15, 0.2) is 5.76 Å². The smallest absolute Gasteiger partial charge is 0.290 e. The van der Waals surface area contributed by atoms with Crippen LogP contribution in [0, 0.1) is 13.8 Å². The highest BCUT2D eigenvalue weighted by Crippen LogP contribution is 2.36. The van der Waals surface area contributed by atoms with Gasteiger partial charge in [-0.25, -0.2) is 0 Å². The highest BCUT2D eigenvalue weighted by atomic mass is 16.3. The molecule has 1 aliphatic heterocycles. The summed E-state index contributed by atoms with van der Waals surface area (Å²) in [6.45, 7) is 4.84. The van der Waals surface area contributed by atoms with E-state index in [0.29, 0.717) is 5.76 Å². The average Bonchev–Trinajstić information content (AvgIpc) is 3.25. The Morgan fingerprint density at radius 2 is 2.08 bits per heavy atom. The lowest BCUT2D eigenvalue weighted by molar-refractivity contribution is 0.0705. The molecule has 5 heteroatoms. The average molecular weight is 323 g/mol. The first-order valence-electron chi connectivity index (χ1n) is 8.36. The summed E-state index contributed by atoms with van der Waals surface area (Å²) >= 11 is 0. The van der Waals surface area contributed by atoms with Gasteiger partial charge in [-0.2, -0.15) is 5.10 Å². The van der Waals surface area contributed by atoms with Crippen LogP contribution in [0.5, 0.6) is 0 Å². The van der Waals surface area contributed by atoms with E-state index in [9.17, 15) is 4.79 Å². The zero-order chi connectivity index (χ0) is 16.8. The van der Waals surface area contributed by atoms with Crippen molar-refractivity contribution in [2.75, 3.05) is 6.54 Å². The predicted octanol–water partition coefficient (Wildman–Crippen LogP) is 3.76. The minimum absolute atomic E-state index is 0.0312. The molecule has 124 valence electrons. The molecule has 0 N–H and O–H groups in total. The normalized spacial score (nSPS) is 17.8. The number of furan rings is 1. The van der Waals surface area contributed by atoms with Crippen LogP contribution in [-0.2, 0) is 7.05 Å². The van der Waals surface area contributed by atoms with Gasteiger partial charge in [-0.05, 0) is 38.8 Å². The minimum atomic E-state index is -0.0312. The van der Waals surface area contributed by atoms with Gasteiger partial charge in [0, 0.05) is 30.2 Å². The molecule has 4 rings (SSSR count). The predicted molar refractivity (Wildman–Crippen MR) is 91.9 cm³/mol. The number of carbonyl (C=O) groups excluding carboxylic acids is 1. The number of aryl methyl sites for hydroxylation is 2. The van der Waals surface area contributed by atoms with Crippen molar-refractivity contribution in [3.05, 3.63) is 53.0 Å². The molecule has 0 radical (unpaired) electrons. The van der Waals surface area contributed by atoms with Gasteiger partial charge in [0.25, 0.3) is 5.91 Å². The zero-order valence-electron chi connectivity index (χ0n) is 14.2. The van der Waals surface area contributed by atoms with E-state index < -0.39 is 0 Å². The fourth-order valence-corrected chi connectivity index (χ4v) is 3.81. The molecule has 24 heavy (non-hydrogen) atoms. The highest BCUT2D eigenvalue weighted by molar-refractivity contribution is 5.96. The summed E-state index contributed by atoms with van der Waals surface area (Å²) in [4.78, 5) is 15.0. The molecule has 5 nitrogen and oxygen atoms in total. The second-order valence-electron chi connectivity index (χ2n) is 6.51. The SMILES string of the molecule is Cc1nn(C)c(C)c1C1CCCN1C(=O)c1cc2ccccc2o1. The lowest BCUT2D eigenvalue weighted by Gasteiger charge is -2.24. The van der Waals surface area contributed by atoms with Crippen LogP contribution >= 0.6 is 0 Å². The van der Waals surface area contributed by atoms with E-state index >= 15 is 0 Å². The topological polar surface area (TPSA) is 51.3 Å². The number of likely N-dealkylation sites (tertiary alicyclic amines) is 1. The van der Waals surface area contributed by atoms with Gasteiger partial charge in [-0.15, -0.1) is 0 Å². The van der Waals surface area contributed by atoms with Crippen molar-refractivity contribution >= 4 is 16.9 Å². The Bertz CT molecular complexity index is 889. The summed E-state index contributed by atoms with van der Waals surface area (Å²) in [6.07, 6.45) is 1.98. The third kappa shape index (κ3) is 2.23. The van der Waals surface area contributed by atoms with Crippen molar-refractivity contribution in [2.45, 2.75) is 32.7 Å². The van der Waals surface area contributed by atoms with Crippen LogP contribution in [0.15, 0.2) is 34.7 Å². The van der Waals surface area contributed by atoms with Crippen LogP contribution in [0.3, 0.4) is 0 Å². The third-order valence-electron chi connectivity index (χ3n) is 5.05. The number of fused-ring (bicyclic) bond motifs is 1. The summed E-state index contributed by atoms with van der Waals surface area (Å²) in [7, 11) is 1.95. The van der Waals surface area contributed by atoms with Crippen LogP contribution < -0.4 is 0 Å². The maximum Gasteiger partial charge on any atom is 0.290 e. The number of aromatic nitrogens is 2. The largest absolute Gasteiger partial charge is 0.451 e. The molecule has 0 saturated carbocycles. The zero-order valence-corrected chi connectivity index (χ0v) is 14.2. The fourth-order valence-electron chi connectivity index (χ4n) is 3.81. The maximum absolute atomic E-state index is 13.0. The molecule has 1 atom stereocenters. The Morgan fingerprint density at radius 1 is 1.29 bits per heavy atom.